The summed E-state index contributed by atoms with van der Waals surface area (Å²) in [4.78, 5) is 27.2. The Kier molecular flexibility index (Phi) is 8.43. The van der Waals surface area contributed by atoms with Crippen LogP contribution < -0.4 is 4.74 Å². The van der Waals surface area contributed by atoms with Crippen molar-refractivity contribution >= 4 is 5.91 Å². The van der Waals surface area contributed by atoms with E-state index in [9.17, 15) is 10.1 Å². The van der Waals surface area contributed by atoms with E-state index < -0.39 is 0 Å². The monoisotopic (exact) mass is 511 g/mol. The van der Waals surface area contributed by atoms with Gasteiger partial charge < -0.3 is 14.5 Å². The highest BCUT2D eigenvalue weighted by Gasteiger charge is 2.32. The largest absolute Gasteiger partial charge is 0.492 e. The lowest BCUT2D eigenvalue weighted by molar-refractivity contribution is 0.0669. The third-order valence-corrected chi connectivity index (χ3v) is 7.46. The van der Waals surface area contributed by atoms with E-state index in [1.807, 2.05) is 31.9 Å². The molecule has 1 aromatic carbocycles. The molecular weight excluding hydrogens is 474 g/mol. The van der Waals surface area contributed by atoms with Crippen molar-refractivity contribution in [3.63, 3.8) is 0 Å². The molecule has 0 saturated carbocycles. The minimum atomic E-state index is -0.258. The van der Waals surface area contributed by atoms with E-state index in [-0.39, 0.29) is 11.9 Å². The molecule has 0 saturated heterocycles. The molecule has 0 radical (unpaired) electrons. The molecule has 38 heavy (non-hydrogen) atoms. The summed E-state index contributed by atoms with van der Waals surface area (Å²) in [7, 11) is 2.12. The molecule has 0 unspecified atom stereocenters. The van der Waals surface area contributed by atoms with Gasteiger partial charge in [-0.05, 0) is 94.1 Å². The van der Waals surface area contributed by atoms with Gasteiger partial charge in [-0.2, -0.15) is 5.26 Å². The van der Waals surface area contributed by atoms with Crippen LogP contribution in [0.2, 0.25) is 0 Å². The average Bonchev–Trinajstić information content (AvgIpc) is 2.92. The molecule has 1 aliphatic rings. The molecule has 4 rings (SSSR count). The molecule has 2 aromatic heterocycles. The second kappa shape index (κ2) is 11.7. The van der Waals surface area contributed by atoms with Crippen molar-refractivity contribution in [3.05, 3.63) is 75.9 Å². The standard InChI is InChI=1S/C31H37N5O2/c1-7-35(6)11-9-23-14-27(26-13-21(4)33-18-20(26)3)25-10-12-36(31(37)28(25)15-23)22(5)29-16-30(38-8-2)24(17-32)19-34-29/h13-16,18-19,22H,7-12H2,1-6H3/t22-/m0/s1. The van der Waals surface area contributed by atoms with Crippen molar-refractivity contribution in [2.45, 2.75) is 53.5 Å². The molecule has 7 heteroatoms. The topological polar surface area (TPSA) is 82.3 Å². The van der Waals surface area contributed by atoms with Crippen LogP contribution in [0.1, 0.15) is 70.8 Å². The van der Waals surface area contributed by atoms with Gasteiger partial charge in [-0.25, -0.2) is 0 Å². The summed E-state index contributed by atoms with van der Waals surface area (Å²) in [5, 5.41) is 9.41. The fourth-order valence-corrected chi connectivity index (χ4v) is 5.03. The number of carbonyl (C=O) groups excluding carboxylic acids is 1. The molecule has 0 N–H and O–H groups in total. The first-order valence-electron chi connectivity index (χ1n) is 13.4. The zero-order chi connectivity index (χ0) is 27.4. The molecule has 198 valence electrons. The maximum Gasteiger partial charge on any atom is 0.254 e. The summed E-state index contributed by atoms with van der Waals surface area (Å²) in [6.07, 6.45) is 5.07. The van der Waals surface area contributed by atoms with E-state index in [1.54, 1.807) is 6.07 Å². The molecule has 3 aromatic rings. The van der Waals surface area contributed by atoms with Crippen molar-refractivity contribution in [2.75, 3.05) is 33.3 Å². The zero-order valence-corrected chi connectivity index (χ0v) is 23.3. The second-order valence-corrected chi connectivity index (χ2v) is 10.0. The van der Waals surface area contributed by atoms with Crippen LogP contribution in [-0.4, -0.2) is 59.0 Å². The van der Waals surface area contributed by atoms with Crippen LogP contribution in [0, 0.1) is 25.2 Å². The molecule has 1 atom stereocenters. The maximum atomic E-state index is 14.0. The highest BCUT2D eigenvalue weighted by atomic mass is 16.5. The van der Waals surface area contributed by atoms with Gasteiger partial charge in [0.25, 0.3) is 5.91 Å². The van der Waals surface area contributed by atoms with E-state index in [1.165, 1.54) is 6.20 Å². The van der Waals surface area contributed by atoms with Gasteiger partial charge in [-0.3, -0.25) is 14.8 Å². The highest BCUT2D eigenvalue weighted by Crippen LogP contribution is 2.36. The summed E-state index contributed by atoms with van der Waals surface area (Å²) in [5.74, 6) is 0.517. The summed E-state index contributed by atoms with van der Waals surface area (Å²) >= 11 is 0. The lowest BCUT2D eigenvalue weighted by atomic mass is 9.86. The first-order valence-corrected chi connectivity index (χ1v) is 13.4. The number of hydrogen-bond acceptors (Lipinski definition) is 6. The van der Waals surface area contributed by atoms with Gasteiger partial charge in [-0.1, -0.05) is 13.0 Å². The van der Waals surface area contributed by atoms with Gasteiger partial charge >= 0.3 is 0 Å². The Bertz CT molecular complexity index is 1380. The predicted octanol–water partition coefficient (Wildman–Crippen LogP) is 5.28. The normalized spacial score (nSPS) is 13.8. The Balaban J connectivity index is 1.75. The lowest BCUT2D eigenvalue weighted by Crippen LogP contribution is -2.40. The van der Waals surface area contributed by atoms with Crippen molar-refractivity contribution in [2.24, 2.45) is 0 Å². The van der Waals surface area contributed by atoms with Gasteiger partial charge in [0.2, 0.25) is 0 Å². The molecular formula is C31H37N5O2. The number of nitrogens with zero attached hydrogens (tertiary/aromatic N) is 5. The van der Waals surface area contributed by atoms with Crippen LogP contribution in [0.25, 0.3) is 11.1 Å². The van der Waals surface area contributed by atoms with E-state index in [4.69, 9.17) is 4.74 Å². The molecule has 0 aliphatic carbocycles. The number of likely N-dealkylation sites (N-methyl/N-ethyl adjacent to an activating group) is 1. The summed E-state index contributed by atoms with van der Waals surface area (Å²) in [6, 6.07) is 10.2. The van der Waals surface area contributed by atoms with Gasteiger partial charge in [0.05, 0.1) is 18.3 Å². The minimum Gasteiger partial charge on any atom is -0.492 e. The smallest absolute Gasteiger partial charge is 0.254 e. The Hall–Kier alpha value is -3.76. The number of pyridine rings is 2. The predicted molar refractivity (Wildman–Crippen MR) is 149 cm³/mol. The SMILES string of the molecule is CCOc1cc([C@H](C)N2CCc3c(cc(CCN(C)CC)cc3-c3cc(C)ncc3C)C2=O)ncc1C#N. The zero-order valence-electron chi connectivity index (χ0n) is 23.3. The number of carbonyl (C=O) groups is 1. The van der Waals surface area contributed by atoms with Crippen LogP contribution in [0.15, 0.2) is 36.7 Å². The van der Waals surface area contributed by atoms with Crippen LogP contribution in [0.5, 0.6) is 5.75 Å². The minimum absolute atomic E-state index is 0.0123. The molecule has 0 bridgehead atoms. The van der Waals surface area contributed by atoms with E-state index in [0.717, 1.165) is 65.0 Å². The van der Waals surface area contributed by atoms with Gasteiger partial charge in [0, 0.05) is 42.8 Å². The van der Waals surface area contributed by atoms with E-state index in [2.05, 4.69) is 60.0 Å². The number of benzene rings is 1. The summed E-state index contributed by atoms with van der Waals surface area (Å²) < 4.78 is 5.67. The highest BCUT2D eigenvalue weighted by molar-refractivity contribution is 5.99. The van der Waals surface area contributed by atoms with E-state index >= 15 is 0 Å². The quantitative estimate of drug-likeness (QED) is 0.389. The molecule has 0 fully saturated rings. The number of nitriles is 1. The fourth-order valence-electron chi connectivity index (χ4n) is 5.03. The van der Waals surface area contributed by atoms with Crippen molar-refractivity contribution in [1.82, 2.24) is 19.8 Å². The van der Waals surface area contributed by atoms with Crippen LogP contribution in [-0.2, 0) is 12.8 Å². The molecule has 0 spiro atoms. The Morgan fingerprint density at radius 2 is 1.87 bits per heavy atom. The van der Waals surface area contributed by atoms with Crippen LogP contribution in [0.3, 0.4) is 0 Å². The number of amides is 1. The number of fused-ring (bicyclic) bond motifs is 1. The molecule has 1 aliphatic heterocycles. The van der Waals surface area contributed by atoms with Crippen molar-refractivity contribution < 1.29 is 9.53 Å². The van der Waals surface area contributed by atoms with Crippen LogP contribution in [0.4, 0.5) is 0 Å². The number of aryl methyl sites for hydroxylation is 2. The number of hydrogen-bond donors (Lipinski definition) is 0. The first kappa shape index (κ1) is 27.3. The summed E-state index contributed by atoms with van der Waals surface area (Å²) in [5.41, 5.74) is 8.48. The lowest BCUT2D eigenvalue weighted by Gasteiger charge is -2.35. The Morgan fingerprint density at radius 1 is 1.11 bits per heavy atom. The fraction of sp³-hybridized carbons (Fsp3) is 0.419. The number of rotatable bonds is 9. The Morgan fingerprint density at radius 3 is 2.58 bits per heavy atom. The first-order chi connectivity index (χ1) is 18.3. The van der Waals surface area contributed by atoms with Gasteiger partial charge in [0.1, 0.15) is 17.4 Å². The number of aromatic nitrogens is 2. The molecule has 3 heterocycles. The number of ether oxygens (including phenoxy) is 1. The van der Waals surface area contributed by atoms with Crippen molar-refractivity contribution in [3.8, 4) is 22.9 Å². The third-order valence-electron chi connectivity index (χ3n) is 7.46. The average molecular weight is 512 g/mol. The third kappa shape index (κ3) is 5.56. The maximum absolute atomic E-state index is 14.0. The van der Waals surface area contributed by atoms with Gasteiger partial charge in [0.15, 0.2) is 0 Å². The molecule has 1 amide bonds. The van der Waals surface area contributed by atoms with Crippen molar-refractivity contribution in [1.29, 1.82) is 5.26 Å². The Labute approximate surface area is 226 Å². The van der Waals surface area contributed by atoms with Gasteiger partial charge in [-0.15, -0.1) is 0 Å². The summed E-state index contributed by atoms with van der Waals surface area (Å²) in [6.45, 7) is 13.1. The van der Waals surface area contributed by atoms with E-state index in [0.29, 0.717) is 30.2 Å². The molecule has 7 nitrogen and oxygen atoms in total. The van der Waals surface area contributed by atoms with Crippen LogP contribution >= 0.6 is 0 Å². The second-order valence-electron chi connectivity index (χ2n) is 10.0.